The molecule has 1 aromatic heterocycles. The minimum Gasteiger partial charge on any atom is -0.338 e. The van der Waals surface area contributed by atoms with Gasteiger partial charge in [-0.3, -0.25) is 0 Å². The van der Waals surface area contributed by atoms with Crippen LogP contribution in [0, 0.1) is 25.7 Å². The van der Waals surface area contributed by atoms with Gasteiger partial charge in [-0.1, -0.05) is 0 Å². The molecule has 6 nitrogen and oxygen atoms in total. The van der Waals surface area contributed by atoms with E-state index < -0.39 is 0 Å². The summed E-state index contributed by atoms with van der Waals surface area (Å²) in [7, 11) is 0. The molecule has 0 aliphatic carbocycles. The van der Waals surface area contributed by atoms with Crippen molar-refractivity contribution in [2.75, 3.05) is 31.1 Å². The Morgan fingerprint density at radius 1 is 1.35 bits per heavy atom. The minimum atomic E-state index is 0.109. The number of likely N-dealkylation sites (tertiary alicyclic amines) is 1. The van der Waals surface area contributed by atoms with Crippen molar-refractivity contribution in [1.82, 2.24) is 25.0 Å². The van der Waals surface area contributed by atoms with Crippen molar-refractivity contribution in [2.24, 2.45) is 11.8 Å². The number of aryl methyl sites for hydroxylation is 2. The minimum absolute atomic E-state index is 0.109. The van der Waals surface area contributed by atoms with E-state index in [-0.39, 0.29) is 6.03 Å². The Hall–Kier alpha value is -1.24. The van der Waals surface area contributed by atoms with E-state index in [0.29, 0.717) is 11.8 Å². The molecule has 2 atom stereocenters. The average molecular weight is 337 g/mol. The Labute approximate surface area is 142 Å². The second kappa shape index (κ2) is 7.55. The summed E-state index contributed by atoms with van der Waals surface area (Å²) in [5, 5.41) is 7.58. The number of aromatic nitrogens is 3. The zero-order valence-electron chi connectivity index (χ0n) is 14.1. The van der Waals surface area contributed by atoms with Gasteiger partial charge in [0.25, 0.3) is 0 Å². The quantitative estimate of drug-likeness (QED) is 0.913. The number of carbonyl (C=O) groups excluding carboxylic acids is 1. The molecule has 3 heterocycles. The molecule has 0 spiro atoms. The molecule has 2 amide bonds. The number of nitrogens with one attached hydrogen (secondary N) is 1. The van der Waals surface area contributed by atoms with Crippen LogP contribution in [0.25, 0.3) is 0 Å². The number of thioether (sulfide) groups is 1. The van der Waals surface area contributed by atoms with Gasteiger partial charge in [-0.25, -0.2) is 14.5 Å². The molecule has 23 heavy (non-hydrogen) atoms. The lowest BCUT2D eigenvalue weighted by Gasteiger charge is -2.33. The Morgan fingerprint density at radius 3 is 2.91 bits per heavy atom. The van der Waals surface area contributed by atoms with Crippen LogP contribution in [0.5, 0.6) is 0 Å². The van der Waals surface area contributed by atoms with Crippen LogP contribution in [-0.2, 0) is 6.54 Å². The van der Waals surface area contributed by atoms with Crippen molar-refractivity contribution in [3.05, 3.63) is 11.6 Å². The van der Waals surface area contributed by atoms with Crippen LogP contribution < -0.4 is 5.32 Å². The highest BCUT2D eigenvalue weighted by atomic mass is 32.2. The van der Waals surface area contributed by atoms with Crippen LogP contribution in [0.4, 0.5) is 4.79 Å². The van der Waals surface area contributed by atoms with Gasteiger partial charge in [-0.15, -0.1) is 0 Å². The summed E-state index contributed by atoms with van der Waals surface area (Å²) in [5.41, 5.74) is 0. The SMILES string of the molecule is Cc1nc(C)n(CC2CCCN(C(=O)NCC3CCSC3)C2)n1. The number of nitrogens with zero attached hydrogens (tertiary/aromatic N) is 4. The lowest BCUT2D eigenvalue weighted by atomic mass is 9.98. The molecular weight excluding hydrogens is 310 g/mol. The summed E-state index contributed by atoms with van der Waals surface area (Å²) < 4.78 is 1.98. The highest BCUT2D eigenvalue weighted by molar-refractivity contribution is 7.99. The molecule has 2 aliphatic rings. The number of amides is 2. The van der Waals surface area contributed by atoms with E-state index >= 15 is 0 Å². The van der Waals surface area contributed by atoms with E-state index in [1.54, 1.807) is 0 Å². The monoisotopic (exact) mass is 337 g/mol. The molecular formula is C16H27N5OS. The number of hydrogen-bond acceptors (Lipinski definition) is 4. The fraction of sp³-hybridized carbons (Fsp3) is 0.812. The molecule has 1 N–H and O–H groups in total. The van der Waals surface area contributed by atoms with E-state index in [2.05, 4.69) is 15.4 Å². The van der Waals surface area contributed by atoms with Crippen LogP contribution in [-0.4, -0.2) is 56.8 Å². The third-order valence-electron chi connectivity index (χ3n) is 4.77. The summed E-state index contributed by atoms with van der Waals surface area (Å²) in [6.45, 7) is 7.29. The number of rotatable bonds is 4. The van der Waals surface area contributed by atoms with Gasteiger partial charge in [0, 0.05) is 26.2 Å². The third kappa shape index (κ3) is 4.40. The van der Waals surface area contributed by atoms with Crippen molar-refractivity contribution in [1.29, 1.82) is 0 Å². The molecule has 0 aromatic carbocycles. The van der Waals surface area contributed by atoms with Crippen LogP contribution >= 0.6 is 11.8 Å². The van der Waals surface area contributed by atoms with Gasteiger partial charge in [0.1, 0.15) is 11.6 Å². The maximum atomic E-state index is 12.4. The number of hydrogen-bond donors (Lipinski definition) is 1. The van der Waals surface area contributed by atoms with Gasteiger partial charge >= 0.3 is 6.03 Å². The zero-order chi connectivity index (χ0) is 16.2. The number of piperidine rings is 1. The second-order valence-electron chi connectivity index (χ2n) is 6.76. The largest absolute Gasteiger partial charge is 0.338 e. The van der Waals surface area contributed by atoms with Gasteiger partial charge in [-0.2, -0.15) is 16.9 Å². The zero-order valence-corrected chi connectivity index (χ0v) is 14.9. The predicted molar refractivity (Wildman–Crippen MR) is 92.6 cm³/mol. The molecule has 0 saturated carbocycles. The van der Waals surface area contributed by atoms with Crippen LogP contribution in [0.3, 0.4) is 0 Å². The van der Waals surface area contributed by atoms with E-state index in [0.717, 1.165) is 50.7 Å². The first kappa shape index (κ1) is 16.6. The number of carbonyl (C=O) groups is 1. The van der Waals surface area contributed by atoms with Crippen molar-refractivity contribution in [3.63, 3.8) is 0 Å². The fourth-order valence-electron chi connectivity index (χ4n) is 3.47. The van der Waals surface area contributed by atoms with Crippen molar-refractivity contribution in [2.45, 2.75) is 39.7 Å². The Balaban J connectivity index is 1.49. The first-order chi connectivity index (χ1) is 11.1. The molecule has 2 fully saturated rings. The highest BCUT2D eigenvalue weighted by Crippen LogP contribution is 2.23. The average Bonchev–Trinajstić information content (AvgIpc) is 3.15. The van der Waals surface area contributed by atoms with Crippen LogP contribution in [0.1, 0.15) is 30.9 Å². The Morgan fingerprint density at radius 2 is 2.22 bits per heavy atom. The second-order valence-corrected chi connectivity index (χ2v) is 7.91. The van der Waals surface area contributed by atoms with E-state index in [1.165, 1.54) is 17.9 Å². The molecule has 0 bridgehead atoms. The lowest BCUT2D eigenvalue weighted by Crippen LogP contribution is -2.47. The summed E-state index contributed by atoms with van der Waals surface area (Å²) >= 11 is 1.99. The maximum absolute atomic E-state index is 12.4. The molecule has 2 aliphatic heterocycles. The van der Waals surface area contributed by atoms with Gasteiger partial charge in [-0.05, 0) is 56.5 Å². The molecule has 1 aromatic rings. The summed E-state index contributed by atoms with van der Waals surface area (Å²) in [6.07, 6.45) is 3.46. The van der Waals surface area contributed by atoms with Gasteiger partial charge in [0.05, 0.1) is 0 Å². The summed E-state index contributed by atoms with van der Waals surface area (Å²) in [5.74, 6) is 5.34. The van der Waals surface area contributed by atoms with Gasteiger partial charge < -0.3 is 10.2 Å². The van der Waals surface area contributed by atoms with Crippen molar-refractivity contribution in [3.8, 4) is 0 Å². The molecule has 3 rings (SSSR count). The Bertz CT molecular complexity index is 541. The normalized spacial score (nSPS) is 24.9. The van der Waals surface area contributed by atoms with Crippen molar-refractivity contribution < 1.29 is 4.79 Å². The third-order valence-corrected chi connectivity index (χ3v) is 6.00. The molecule has 2 saturated heterocycles. The lowest BCUT2D eigenvalue weighted by molar-refractivity contribution is 0.156. The van der Waals surface area contributed by atoms with E-state index in [4.69, 9.17) is 0 Å². The topological polar surface area (TPSA) is 63.1 Å². The first-order valence-electron chi connectivity index (χ1n) is 8.60. The molecule has 7 heteroatoms. The summed E-state index contributed by atoms with van der Waals surface area (Å²) in [4.78, 5) is 18.7. The predicted octanol–water partition coefficient (Wildman–Crippen LogP) is 2.07. The summed E-state index contributed by atoms with van der Waals surface area (Å²) in [6, 6.07) is 0.109. The number of urea groups is 1. The fourth-order valence-corrected chi connectivity index (χ4v) is 4.75. The van der Waals surface area contributed by atoms with E-state index in [9.17, 15) is 4.79 Å². The smallest absolute Gasteiger partial charge is 0.317 e. The van der Waals surface area contributed by atoms with Gasteiger partial charge in [0.2, 0.25) is 0 Å². The maximum Gasteiger partial charge on any atom is 0.317 e. The van der Waals surface area contributed by atoms with Gasteiger partial charge in [0.15, 0.2) is 0 Å². The van der Waals surface area contributed by atoms with E-state index in [1.807, 2.05) is 35.2 Å². The first-order valence-corrected chi connectivity index (χ1v) is 9.76. The molecule has 128 valence electrons. The standard InChI is InChI=1S/C16H27N5OS/c1-12-18-13(2)21(19-12)10-15-4-3-6-20(9-15)16(22)17-8-14-5-7-23-11-14/h14-15H,3-11H2,1-2H3,(H,17,22). The Kier molecular flexibility index (Phi) is 5.46. The van der Waals surface area contributed by atoms with Crippen molar-refractivity contribution >= 4 is 17.8 Å². The van der Waals surface area contributed by atoms with Crippen LogP contribution in [0.2, 0.25) is 0 Å². The molecule has 2 unspecified atom stereocenters. The molecule has 0 radical (unpaired) electrons. The highest BCUT2D eigenvalue weighted by Gasteiger charge is 2.25. The van der Waals surface area contributed by atoms with Crippen LogP contribution in [0.15, 0.2) is 0 Å².